The Morgan fingerprint density at radius 1 is 1.19 bits per heavy atom. The molecule has 16 heavy (non-hydrogen) atoms. The van der Waals surface area contributed by atoms with E-state index in [1.165, 1.54) is 0 Å². The summed E-state index contributed by atoms with van der Waals surface area (Å²) in [5, 5.41) is 9.57. The van der Waals surface area contributed by atoms with Gasteiger partial charge in [0.2, 0.25) is 0 Å². The highest BCUT2D eigenvalue weighted by molar-refractivity contribution is 9.10. The van der Waals surface area contributed by atoms with Crippen molar-refractivity contribution in [3.63, 3.8) is 0 Å². The molecule has 0 aliphatic carbocycles. The smallest absolute Gasteiger partial charge is 0.161 e. The molecule has 1 aromatic carbocycles. The van der Waals surface area contributed by atoms with E-state index in [2.05, 4.69) is 25.9 Å². The molecule has 1 N–H and O–H groups in total. The summed E-state index contributed by atoms with van der Waals surface area (Å²) in [5.41, 5.74) is 1.60. The molecule has 2 rings (SSSR count). The molecule has 0 unspecified atom stereocenters. The van der Waals surface area contributed by atoms with Crippen molar-refractivity contribution >= 4 is 27.5 Å². The lowest BCUT2D eigenvalue weighted by molar-refractivity contribution is 0.475. The van der Waals surface area contributed by atoms with Crippen LogP contribution in [0.3, 0.4) is 0 Å². The summed E-state index contributed by atoms with van der Waals surface area (Å²) in [7, 11) is 0. The summed E-state index contributed by atoms with van der Waals surface area (Å²) in [6, 6.07) is 6.66. The van der Waals surface area contributed by atoms with E-state index in [-0.39, 0.29) is 5.75 Å². The lowest BCUT2D eigenvalue weighted by Crippen LogP contribution is -1.94. The summed E-state index contributed by atoms with van der Waals surface area (Å²) < 4.78 is 0.705. The molecule has 0 saturated heterocycles. The Kier molecular flexibility index (Phi) is 3.12. The Balaban J connectivity index is 2.52. The highest BCUT2D eigenvalue weighted by atomic mass is 79.9. The number of nitrogens with zero attached hydrogens (tertiary/aromatic N) is 2. The van der Waals surface area contributed by atoms with E-state index in [1.807, 2.05) is 6.92 Å². The Morgan fingerprint density at radius 3 is 2.38 bits per heavy atom. The first-order valence-electron chi connectivity index (χ1n) is 4.57. The topological polar surface area (TPSA) is 46.0 Å². The number of hydrogen-bond acceptors (Lipinski definition) is 3. The fourth-order valence-corrected chi connectivity index (χ4v) is 1.66. The first-order chi connectivity index (χ1) is 7.58. The van der Waals surface area contributed by atoms with Crippen molar-refractivity contribution in [1.29, 1.82) is 0 Å². The molecule has 0 fully saturated rings. The predicted molar refractivity (Wildman–Crippen MR) is 66.6 cm³/mol. The predicted octanol–water partition coefficient (Wildman–Crippen LogP) is 3.57. The first-order valence-corrected chi connectivity index (χ1v) is 5.74. The van der Waals surface area contributed by atoms with Crippen LogP contribution in [-0.2, 0) is 0 Å². The van der Waals surface area contributed by atoms with E-state index in [9.17, 15) is 5.11 Å². The first kappa shape index (κ1) is 11.4. The minimum atomic E-state index is 0.212. The van der Waals surface area contributed by atoms with Gasteiger partial charge in [0.1, 0.15) is 10.9 Å². The van der Waals surface area contributed by atoms with Crippen LogP contribution in [0.2, 0.25) is 5.15 Å². The van der Waals surface area contributed by atoms with Gasteiger partial charge in [-0.25, -0.2) is 9.97 Å². The van der Waals surface area contributed by atoms with Gasteiger partial charge in [-0.2, -0.15) is 0 Å². The number of hydrogen-bond donors (Lipinski definition) is 1. The molecular weight excluding hydrogens is 291 g/mol. The van der Waals surface area contributed by atoms with Crippen molar-refractivity contribution < 1.29 is 5.11 Å². The quantitative estimate of drug-likeness (QED) is 0.819. The van der Waals surface area contributed by atoms with Crippen LogP contribution < -0.4 is 0 Å². The number of phenolic OH excluding ortho intramolecular Hbond substituents is 1. The molecule has 0 atom stereocenters. The van der Waals surface area contributed by atoms with E-state index < -0.39 is 0 Å². The maximum atomic E-state index is 9.18. The van der Waals surface area contributed by atoms with Crippen LogP contribution in [0.1, 0.15) is 5.69 Å². The second-order valence-electron chi connectivity index (χ2n) is 3.28. The van der Waals surface area contributed by atoms with Gasteiger partial charge >= 0.3 is 0 Å². The molecule has 0 bridgehead atoms. The molecule has 82 valence electrons. The average Bonchev–Trinajstić information content (AvgIpc) is 2.26. The van der Waals surface area contributed by atoms with Crippen LogP contribution in [0.4, 0.5) is 0 Å². The number of rotatable bonds is 1. The van der Waals surface area contributed by atoms with Crippen molar-refractivity contribution in [2.45, 2.75) is 6.92 Å². The third-order valence-corrected chi connectivity index (χ3v) is 3.55. The van der Waals surface area contributed by atoms with Crippen LogP contribution in [0.25, 0.3) is 11.4 Å². The van der Waals surface area contributed by atoms with Gasteiger partial charge in [0, 0.05) is 5.56 Å². The monoisotopic (exact) mass is 298 g/mol. The Morgan fingerprint density at radius 2 is 1.81 bits per heavy atom. The summed E-state index contributed by atoms with van der Waals surface area (Å²) in [4.78, 5) is 8.47. The van der Waals surface area contributed by atoms with Crippen molar-refractivity contribution in [2.24, 2.45) is 0 Å². The Hall–Kier alpha value is -1.13. The van der Waals surface area contributed by atoms with E-state index in [4.69, 9.17) is 11.6 Å². The minimum absolute atomic E-state index is 0.212. The van der Waals surface area contributed by atoms with Crippen molar-refractivity contribution in [3.8, 4) is 17.1 Å². The van der Waals surface area contributed by atoms with Crippen LogP contribution in [0.15, 0.2) is 28.7 Å². The zero-order valence-electron chi connectivity index (χ0n) is 8.41. The lowest BCUT2D eigenvalue weighted by atomic mass is 10.2. The number of phenols is 1. The number of aryl methyl sites for hydroxylation is 1. The maximum absolute atomic E-state index is 9.18. The molecule has 0 saturated carbocycles. The van der Waals surface area contributed by atoms with E-state index in [1.54, 1.807) is 24.3 Å². The van der Waals surface area contributed by atoms with Gasteiger partial charge in [0.25, 0.3) is 0 Å². The second-order valence-corrected chi connectivity index (χ2v) is 4.44. The maximum Gasteiger partial charge on any atom is 0.161 e. The van der Waals surface area contributed by atoms with E-state index in [0.29, 0.717) is 15.5 Å². The van der Waals surface area contributed by atoms with Crippen LogP contribution in [0.5, 0.6) is 5.75 Å². The molecule has 3 nitrogen and oxygen atoms in total. The van der Waals surface area contributed by atoms with Crippen LogP contribution in [-0.4, -0.2) is 15.1 Å². The Bertz CT molecular complexity index is 505. The summed E-state index contributed by atoms with van der Waals surface area (Å²) in [5.74, 6) is 0.759. The van der Waals surface area contributed by atoms with Gasteiger partial charge in [-0.1, -0.05) is 11.6 Å². The summed E-state index contributed by atoms with van der Waals surface area (Å²) in [6.45, 7) is 1.85. The fraction of sp³-hybridized carbons (Fsp3) is 0.0909. The van der Waals surface area contributed by atoms with Gasteiger partial charge < -0.3 is 5.11 Å². The average molecular weight is 300 g/mol. The molecule has 0 aliphatic rings. The van der Waals surface area contributed by atoms with Gasteiger partial charge in [-0.3, -0.25) is 0 Å². The highest BCUT2D eigenvalue weighted by Crippen LogP contribution is 2.26. The number of benzene rings is 1. The molecule has 0 spiro atoms. The molecule has 0 amide bonds. The number of halogens is 2. The van der Waals surface area contributed by atoms with E-state index >= 15 is 0 Å². The molecular formula is C11H8BrClN2O. The van der Waals surface area contributed by atoms with Gasteiger partial charge in [-0.15, -0.1) is 0 Å². The van der Waals surface area contributed by atoms with Crippen LogP contribution >= 0.6 is 27.5 Å². The largest absolute Gasteiger partial charge is 0.508 e. The zero-order valence-corrected chi connectivity index (χ0v) is 10.7. The van der Waals surface area contributed by atoms with Crippen molar-refractivity contribution in [1.82, 2.24) is 9.97 Å². The third-order valence-electron chi connectivity index (χ3n) is 2.10. The van der Waals surface area contributed by atoms with E-state index in [0.717, 1.165) is 11.3 Å². The van der Waals surface area contributed by atoms with Gasteiger partial charge in [0.05, 0.1) is 10.2 Å². The molecule has 0 aliphatic heterocycles. The molecule has 5 heteroatoms. The van der Waals surface area contributed by atoms with Crippen molar-refractivity contribution in [2.75, 3.05) is 0 Å². The SMILES string of the molecule is Cc1nc(-c2ccc(O)cc2)nc(Cl)c1Br. The summed E-state index contributed by atoms with van der Waals surface area (Å²) in [6.07, 6.45) is 0. The summed E-state index contributed by atoms with van der Waals surface area (Å²) >= 11 is 9.25. The normalized spacial score (nSPS) is 10.4. The zero-order chi connectivity index (χ0) is 11.7. The third kappa shape index (κ3) is 2.18. The minimum Gasteiger partial charge on any atom is -0.508 e. The van der Waals surface area contributed by atoms with Gasteiger partial charge in [-0.05, 0) is 47.1 Å². The van der Waals surface area contributed by atoms with Crippen LogP contribution in [0, 0.1) is 6.92 Å². The number of aromatic hydroxyl groups is 1. The van der Waals surface area contributed by atoms with Gasteiger partial charge in [0.15, 0.2) is 5.82 Å². The molecule has 1 aromatic heterocycles. The molecule has 0 radical (unpaired) electrons. The van der Waals surface area contributed by atoms with Crippen molar-refractivity contribution in [3.05, 3.63) is 39.6 Å². The Labute approximate surface area is 106 Å². The second kappa shape index (κ2) is 4.39. The fourth-order valence-electron chi connectivity index (χ4n) is 1.26. The highest BCUT2D eigenvalue weighted by Gasteiger charge is 2.08. The molecule has 1 heterocycles. The standard InChI is InChI=1S/C11H8BrClN2O/c1-6-9(12)10(13)15-11(14-6)7-2-4-8(16)5-3-7/h2-5,16H,1H3. The lowest BCUT2D eigenvalue weighted by Gasteiger charge is -2.04. The number of aromatic nitrogens is 2. The molecule has 2 aromatic rings.